The Morgan fingerprint density at radius 3 is 2.16 bits per heavy atom. The molecule has 1 aliphatic heterocycles. The predicted octanol–water partition coefficient (Wildman–Crippen LogP) is 5.39. The van der Waals surface area contributed by atoms with Gasteiger partial charge >= 0.3 is 12.3 Å². The maximum absolute atomic E-state index is 13.8. The lowest BCUT2D eigenvalue weighted by molar-refractivity contribution is -0.0883. The van der Waals surface area contributed by atoms with Crippen molar-refractivity contribution in [3.05, 3.63) is 52.2 Å². The van der Waals surface area contributed by atoms with Crippen LogP contribution in [0.1, 0.15) is 32.8 Å². The van der Waals surface area contributed by atoms with Crippen molar-refractivity contribution in [2.24, 2.45) is 5.73 Å². The van der Waals surface area contributed by atoms with Crippen LogP contribution in [0.15, 0.2) is 41.6 Å². The minimum Gasteiger partial charge on any atom is -0.444 e. The quantitative estimate of drug-likeness (QED) is 0.445. The Morgan fingerprint density at radius 2 is 1.66 bits per heavy atom. The van der Waals surface area contributed by atoms with Crippen LogP contribution in [0.3, 0.4) is 0 Å². The molecule has 2 N–H and O–H groups in total. The standard InChI is InChI=1S/C22H26Cl2F3N3O2/c1-20(2,3)32-19(31)29-8-10-30(11-9-29)21(24)13-16(14-4-6-15(23)7-5-14)17(12-18(21)28)22(25,26)27/h4-7,12H,8-11,13,28H2,1-3H3. The van der Waals surface area contributed by atoms with E-state index in [4.69, 9.17) is 33.7 Å². The summed E-state index contributed by atoms with van der Waals surface area (Å²) in [6.07, 6.45) is -4.25. The summed E-state index contributed by atoms with van der Waals surface area (Å²) in [5, 5.41) is 0.421. The number of halogens is 5. The van der Waals surface area contributed by atoms with Crippen LogP contribution >= 0.6 is 23.2 Å². The molecule has 1 amide bonds. The van der Waals surface area contributed by atoms with Gasteiger partial charge in [-0.15, -0.1) is 0 Å². The molecule has 1 heterocycles. The molecule has 32 heavy (non-hydrogen) atoms. The SMILES string of the molecule is CC(C)(C)OC(=O)N1CCN(C2(Cl)CC(c3ccc(Cl)cc3)=C(C(F)(F)F)C=C2N)CC1. The second-order valence-electron chi connectivity index (χ2n) is 8.89. The first kappa shape index (κ1) is 24.7. The lowest BCUT2D eigenvalue weighted by atomic mass is 9.85. The second kappa shape index (κ2) is 8.80. The van der Waals surface area contributed by atoms with Gasteiger partial charge in [-0.1, -0.05) is 35.3 Å². The van der Waals surface area contributed by atoms with E-state index in [0.717, 1.165) is 6.08 Å². The average molecular weight is 492 g/mol. The number of hydrogen-bond acceptors (Lipinski definition) is 4. The molecule has 2 aliphatic rings. The average Bonchev–Trinajstić information content (AvgIpc) is 2.68. The lowest BCUT2D eigenvalue weighted by Gasteiger charge is -2.46. The summed E-state index contributed by atoms with van der Waals surface area (Å²) in [5.41, 5.74) is 5.01. The molecular formula is C22H26Cl2F3N3O2. The number of hydrogen-bond donors (Lipinski definition) is 1. The molecule has 0 spiro atoms. The van der Waals surface area contributed by atoms with Crippen LogP contribution < -0.4 is 5.73 Å². The summed E-state index contributed by atoms with van der Waals surface area (Å²) in [6.45, 7) is 6.67. The predicted molar refractivity (Wildman–Crippen MR) is 119 cm³/mol. The van der Waals surface area contributed by atoms with Gasteiger partial charge in [0.2, 0.25) is 0 Å². The third-order valence-electron chi connectivity index (χ3n) is 5.41. The lowest BCUT2D eigenvalue weighted by Crippen LogP contribution is -2.58. The van der Waals surface area contributed by atoms with E-state index >= 15 is 0 Å². The summed E-state index contributed by atoms with van der Waals surface area (Å²) >= 11 is 12.8. The van der Waals surface area contributed by atoms with Crippen molar-refractivity contribution in [2.75, 3.05) is 26.2 Å². The Balaban J connectivity index is 1.85. The zero-order chi connectivity index (χ0) is 23.9. The van der Waals surface area contributed by atoms with E-state index in [2.05, 4.69) is 0 Å². The zero-order valence-electron chi connectivity index (χ0n) is 18.1. The highest BCUT2D eigenvalue weighted by Crippen LogP contribution is 2.47. The van der Waals surface area contributed by atoms with E-state index in [-0.39, 0.29) is 17.7 Å². The molecule has 3 rings (SSSR count). The number of amides is 1. The van der Waals surface area contributed by atoms with Crippen LogP contribution in [0.4, 0.5) is 18.0 Å². The monoisotopic (exact) mass is 491 g/mol. The molecule has 0 saturated carbocycles. The number of piperazine rings is 1. The van der Waals surface area contributed by atoms with Crippen molar-refractivity contribution in [3.8, 4) is 0 Å². The van der Waals surface area contributed by atoms with E-state index in [1.807, 2.05) is 4.90 Å². The van der Waals surface area contributed by atoms with E-state index in [0.29, 0.717) is 36.8 Å². The number of carbonyl (C=O) groups excluding carboxylic acids is 1. The van der Waals surface area contributed by atoms with Crippen LogP contribution in [0.25, 0.3) is 5.57 Å². The van der Waals surface area contributed by atoms with Crippen LogP contribution in [0.5, 0.6) is 0 Å². The molecule has 10 heteroatoms. The Labute approximate surface area is 195 Å². The smallest absolute Gasteiger partial charge is 0.416 e. The van der Waals surface area contributed by atoms with Gasteiger partial charge in [-0.2, -0.15) is 13.2 Å². The summed E-state index contributed by atoms with van der Waals surface area (Å²) in [7, 11) is 0. The number of nitrogens with zero attached hydrogens (tertiary/aromatic N) is 2. The van der Waals surface area contributed by atoms with Crippen LogP contribution in [0.2, 0.25) is 5.02 Å². The van der Waals surface area contributed by atoms with Crippen LogP contribution in [-0.2, 0) is 4.74 Å². The molecule has 1 aliphatic carbocycles. The first-order chi connectivity index (χ1) is 14.7. The summed E-state index contributed by atoms with van der Waals surface area (Å²) in [5.74, 6) is 0. The minimum atomic E-state index is -4.59. The minimum absolute atomic E-state index is 0.0490. The van der Waals surface area contributed by atoms with E-state index in [9.17, 15) is 18.0 Å². The van der Waals surface area contributed by atoms with Gasteiger partial charge in [-0.25, -0.2) is 4.79 Å². The number of benzene rings is 1. The van der Waals surface area contributed by atoms with Gasteiger partial charge in [0.1, 0.15) is 10.6 Å². The Bertz CT molecular complexity index is 931. The highest BCUT2D eigenvalue weighted by atomic mass is 35.5. The van der Waals surface area contributed by atoms with Gasteiger partial charge in [0.15, 0.2) is 0 Å². The third kappa shape index (κ3) is 5.35. The van der Waals surface area contributed by atoms with Crippen molar-refractivity contribution in [2.45, 2.75) is 44.0 Å². The summed E-state index contributed by atoms with van der Waals surface area (Å²) in [6, 6.07) is 6.15. The van der Waals surface area contributed by atoms with Crippen LogP contribution in [0, 0.1) is 0 Å². The van der Waals surface area contributed by atoms with Gasteiger partial charge in [0.25, 0.3) is 0 Å². The van der Waals surface area contributed by atoms with E-state index < -0.39 is 28.4 Å². The van der Waals surface area contributed by atoms with E-state index in [1.165, 1.54) is 24.3 Å². The summed E-state index contributed by atoms with van der Waals surface area (Å²) in [4.78, 5) is 14.4. The number of ether oxygens (including phenoxy) is 1. The molecular weight excluding hydrogens is 466 g/mol. The zero-order valence-corrected chi connectivity index (χ0v) is 19.6. The molecule has 1 aromatic carbocycles. The number of alkyl halides is 4. The number of rotatable bonds is 2. The summed E-state index contributed by atoms with van der Waals surface area (Å²) < 4.78 is 46.8. The highest BCUT2D eigenvalue weighted by molar-refractivity contribution is 6.30. The van der Waals surface area contributed by atoms with Gasteiger partial charge in [0.05, 0.1) is 5.57 Å². The molecule has 1 aromatic rings. The molecule has 176 valence electrons. The molecule has 1 atom stereocenters. The maximum atomic E-state index is 13.8. The number of allylic oxidation sites excluding steroid dienone is 2. The van der Waals surface area contributed by atoms with E-state index in [1.54, 1.807) is 25.7 Å². The van der Waals surface area contributed by atoms with Gasteiger partial charge in [0, 0.05) is 43.3 Å². The Morgan fingerprint density at radius 1 is 1.09 bits per heavy atom. The molecule has 0 radical (unpaired) electrons. The van der Waals surface area contributed by atoms with Crippen molar-refractivity contribution >= 4 is 34.9 Å². The highest BCUT2D eigenvalue weighted by Gasteiger charge is 2.47. The Hall–Kier alpha value is -1.90. The molecule has 1 fully saturated rings. The van der Waals surface area contributed by atoms with Gasteiger partial charge < -0.3 is 15.4 Å². The van der Waals surface area contributed by atoms with Crippen molar-refractivity contribution in [1.29, 1.82) is 0 Å². The molecule has 0 aromatic heterocycles. The van der Waals surface area contributed by atoms with Crippen molar-refractivity contribution < 1.29 is 22.7 Å². The number of carbonyl (C=O) groups is 1. The molecule has 1 unspecified atom stereocenters. The molecule has 5 nitrogen and oxygen atoms in total. The first-order valence-electron chi connectivity index (χ1n) is 10.2. The van der Waals surface area contributed by atoms with Gasteiger partial charge in [-0.3, -0.25) is 4.90 Å². The largest absolute Gasteiger partial charge is 0.444 e. The van der Waals surface area contributed by atoms with Crippen molar-refractivity contribution in [3.63, 3.8) is 0 Å². The topological polar surface area (TPSA) is 58.8 Å². The van der Waals surface area contributed by atoms with Crippen LogP contribution in [-0.4, -0.2) is 58.8 Å². The molecule has 0 bridgehead atoms. The van der Waals surface area contributed by atoms with Crippen molar-refractivity contribution in [1.82, 2.24) is 9.80 Å². The number of nitrogens with two attached hydrogens (primary N) is 1. The molecule has 1 saturated heterocycles. The fourth-order valence-electron chi connectivity index (χ4n) is 3.81. The fourth-order valence-corrected chi connectivity index (χ4v) is 4.29. The Kier molecular flexibility index (Phi) is 6.80. The second-order valence-corrected chi connectivity index (χ2v) is 9.95. The normalized spacial score (nSPS) is 23.2. The fraction of sp³-hybridized carbons (Fsp3) is 0.500. The first-order valence-corrected chi connectivity index (χ1v) is 10.9. The van der Waals surface area contributed by atoms with Gasteiger partial charge in [-0.05, 0) is 50.1 Å². The maximum Gasteiger partial charge on any atom is 0.416 e. The third-order valence-corrected chi connectivity index (χ3v) is 6.25.